The minimum absolute atomic E-state index is 0.108. The van der Waals surface area contributed by atoms with Gasteiger partial charge in [-0.3, -0.25) is 4.67 Å². The van der Waals surface area contributed by atoms with Crippen LogP contribution in [0.2, 0.25) is 0 Å². The Hall–Kier alpha value is 0.310. The van der Waals surface area contributed by atoms with Crippen molar-refractivity contribution >= 4 is 9.39 Å². The Balaban J connectivity index is 2.29. The van der Waals surface area contributed by atoms with Gasteiger partial charge in [0, 0.05) is 19.0 Å². The zero-order valence-electron chi connectivity index (χ0n) is 5.90. The molecule has 3 nitrogen and oxygen atoms in total. The molecule has 3 atom stereocenters. The van der Waals surface area contributed by atoms with Gasteiger partial charge in [-0.2, -0.15) is 0 Å². The number of hydrogen-bond donors (Lipinski definition) is 2. The van der Waals surface area contributed by atoms with Crippen LogP contribution in [0.3, 0.4) is 0 Å². The third-order valence-electron chi connectivity index (χ3n) is 1.99. The Kier molecular flexibility index (Phi) is 3.05. The van der Waals surface area contributed by atoms with Gasteiger partial charge >= 0.3 is 0 Å². The molecule has 1 aliphatic heterocycles. The molecule has 3 unspecified atom stereocenters. The summed E-state index contributed by atoms with van der Waals surface area (Å²) in [6, 6.07) is 0. The topological polar surface area (TPSA) is 43.7 Å². The van der Waals surface area contributed by atoms with E-state index in [9.17, 15) is 5.11 Å². The maximum atomic E-state index is 9.19. The highest BCUT2D eigenvalue weighted by Crippen LogP contribution is 2.21. The van der Waals surface area contributed by atoms with Gasteiger partial charge in [0.1, 0.15) is 0 Å². The monoisotopic (exact) mass is 163 g/mol. The molecule has 4 heteroatoms. The smallest absolute Gasteiger partial charge is 0.0811 e. The average molecular weight is 163 g/mol. The van der Waals surface area contributed by atoms with Gasteiger partial charge in [-0.1, -0.05) is 9.39 Å². The highest BCUT2D eigenvalue weighted by Gasteiger charge is 2.25. The zero-order chi connectivity index (χ0) is 7.56. The average Bonchev–Trinajstić information content (AvgIpc) is 2.34. The van der Waals surface area contributed by atoms with Crippen molar-refractivity contribution < 1.29 is 10.2 Å². The number of hydrogen-bond acceptors (Lipinski definition) is 3. The second kappa shape index (κ2) is 3.63. The normalized spacial score (nSPS) is 30.9. The molecule has 0 bridgehead atoms. The first-order valence-electron chi connectivity index (χ1n) is 3.52. The summed E-state index contributed by atoms with van der Waals surface area (Å²) in [7, 11) is 2.60. The van der Waals surface area contributed by atoms with Gasteiger partial charge < -0.3 is 10.2 Å². The number of nitrogens with zero attached hydrogens (tertiary/aromatic N) is 1. The minimum atomic E-state index is -0.523. The van der Waals surface area contributed by atoms with Crippen molar-refractivity contribution in [3.63, 3.8) is 0 Å². The van der Waals surface area contributed by atoms with Crippen LogP contribution in [0.5, 0.6) is 0 Å². The van der Waals surface area contributed by atoms with Crippen molar-refractivity contribution in [3.05, 3.63) is 0 Å². The fraction of sp³-hybridized carbons (Fsp3) is 1.00. The van der Waals surface area contributed by atoms with Crippen LogP contribution in [0, 0.1) is 5.92 Å². The summed E-state index contributed by atoms with van der Waals surface area (Å²) < 4.78 is 2.09. The Morgan fingerprint density at radius 2 is 2.40 bits per heavy atom. The predicted octanol–water partition coefficient (Wildman–Crippen LogP) is -0.548. The van der Waals surface area contributed by atoms with E-state index in [4.69, 9.17) is 5.11 Å². The van der Waals surface area contributed by atoms with E-state index in [1.807, 2.05) is 0 Å². The van der Waals surface area contributed by atoms with Gasteiger partial charge in [-0.25, -0.2) is 0 Å². The minimum Gasteiger partial charge on any atom is -0.394 e. The van der Waals surface area contributed by atoms with Crippen molar-refractivity contribution in [3.8, 4) is 0 Å². The fourth-order valence-corrected chi connectivity index (χ4v) is 1.70. The van der Waals surface area contributed by atoms with Crippen molar-refractivity contribution in [2.75, 3.05) is 19.7 Å². The highest BCUT2D eigenvalue weighted by molar-refractivity contribution is 7.13. The SMILES string of the molecule is OCC(O)C1CCN(P)C1. The third kappa shape index (κ3) is 1.89. The Labute approximate surface area is 63.3 Å². The standard InChI is InChI=1S/C6H14NO2P/c8-4-6(9)5-1-2-7(10)3-5/h5-6,8-9H,1-4,10H2. The van der Waals surface area contributed by atoms with E-state index >= 15 is 0 Å². The van der Waals surface area contributed by atoms with Gasteiger partial charge in [0.2, 0.25) is 0 Å². The quantitative estimate of drug-likeness (QED) is 0.537. The maximum Gasteiger partial charge on any atom is 0.0811 e. The number of rotatable bonds is 2. The Morgan fingerprint density at radius 1 is 1.70 bits per heavy atom. The van der Waals surface area contributed by atoms with E-state index in [1.165, 1.54) is 0 Å². The first-order chi connectivity index (χ1) is 4.74. The van der Waals surface area contributed by atoms with E-state index in [-0.39, 0.29) is 12.5 Å². The molecule has 10 heavy (non-hydrogen) atoms. The summed E-state index contributed by atoms with van der Waals surface area (Å²) >= 11 is 0. The van der Waals surface area contributed by atoms with Gasteiger partial charge in [0.25, 0.3) is 0 Å². The summed E-state index contributed by atoms with van der Waals surface area (Å²) in [5, 5.41) is 17.8. The van der Waals surface area contributed by atoms with Crippen molar-refractivity contribution in [1.82, 2.24) is 4.67 Å². The Morgan fingerprint density at radius 3 is 2.80 bits per heavy atom. The van der Waals surface area contributed by atoms with Crippen LogP contribution in [0.4, 0.5) is 0 Å². The van der Waals surface area contributed by atoms with Crippen LogP contribution in [-0.4, -0.2) is 40.7 Å². The van der Waals surface area contributed by atoms with Crippen molar-refractivity contribution in [2.45, 2.75) is 12.5 Å². The molecular formula is C6H14NO2P. The second-order valence-electron chi connectivity index (χ2n) is 2.79. The summed E-state index contributed by atoms with van der Waals surface area (Å²) in [5.74, 6) is 0.266. The first-order valence-corrected chi connectivity index (χ1v) is 4.04. The van der Waals surface area contributed by atoms with Gasteiger partial charge in [0.15, 0.2) is 0 Å². The lowest BCUT2D eigenvalue weighted by molar-refractivity contribution is 0.0524. The maximum absolute atomic E-state index is 9.19. The molecule has 1 fully saturated rings. The molecule has 60 valence electrons. The molecule has 1 saturated heterocycles. The number of aliphatic hydroxyl groups is 2. The van der Waals surface area contributed by atoms with Crippen LogP contribution in [-0.2, 0) is 0 Å². The van der Waals surface area contributed by atoms with E-state index < -0.39 is 6.10 Å². The van der Waals surface area contributed by atoms with Crippen molar-refractivity contribution in [2.24, 2.45) is 5.92 Å². The lowest BCUT2D eigenvalue weighted by atomic mass is 10.0. The summed E-state index contributed by atoms with van der Waals surface area (Å²) in [6.45, 7) is 1.78. The first kappa shape index (κ1) is 8.41. The molecule has 0 aliphatic carbocycles. The zero-order valence-corrected chi connectivity index (χ0v) is 7.06. The van der Waals surface area contributed by atoms with Gasteiger partial charge in [0.05, 0.1) is 12.7 Å². The predicted molar refractivity (Wildman–Crippen MR) is 42.5 cm³/mol. The van der Waals surface area contributed by atoms with Crippen LogP contribution in [0.25, 0.3) is 0 Å². The molecule has 0 aromatic carbocycles. The van der Waals surface area contributed by atoms with E-state index in [0.29, 0.717) is 0 Å². The lowest BCUT2D eigenvalue weighted by Gasteiger charge is -2.14. The van der Waals surface area contributed by atoms with E-state index in [1.54, 1.807) is 0 Å². The Bertz CT molecular complexity index is 112. The molecule has 0 saturated carbocycles. The highest BCUT2D eigenvalue weighted by atomic mass is 31.0. The lowest BCUT2D eigenvalue weighted by Crippen LogP contribution is -2.25. The second-order valence-corrected chi connectivity index (χ2v) is 3.52. The van der Waals surface area contributed by atoms with Crippen LogP contribution < -0.4 is 0 Å². The molecule has 0 aromatic heterocycles. The molecule has 0 aromatic rings. The molecule has 1 aliphatic rings. The van der Waals surface area contributed by atoms with Crippen LogP contribution in [0.15, 0.2) is 0 Å². The molecule has 1 rings (SSSR count). The van der Waals surface area contributed by atoms with Crippen LogP contribution in [0.1, 0.15) is 6.42 Å². The summed E-state index contributed by atoms with van der Waals surface area (Å²) in [6.07, 6.45) is 0.469. The molecule has 2 N–H and O–H groups in total. The molecule has 0 spiro atoms. The van der Waals surface area contributed by atoms with Gasteiger partial charge in [-0.15, -0.1) is 0 Å². The fourth-order valence-electron chi connectivity index (χ4n) is 1.28. The summed E-state index contributed by atoms with van der Waals surface area (Å²) in [5.41, 5.74) is 0. The summed E-state index contributed by atoms with van der Waals surface area (Å²) in [4.78, 5) is 0. The van der Waals surface area contributed by atoms with E-state index in [2.05, 4.69) is 14.1 Å². The van der Waals surface area contributed by atoms with E-state index in [0.717, 1.165) is 19.5 Å². The van der Waals surface area contributed by atoms with Crippen LogP contribution >= 0.6 is 9.39 Å². The number of aliphatic hydroxyl groups excluding tert-OH is 2. The van der Waals surface area contributed by atoms with Gasteiger partial charge in [-0.05, 0) is 6.42 Å². The molecule has 0 radical (unpaired) electrons. The molecule has 1 heterocycles. The molecule has 0 amide bonds. The molecular weight excluding hydrogens is 149 g/mol. The largest absolute Gasteiger partial charge is 0.394 e. The third-order valence-corrected chi connectivity index (χ3v) is 2.46. The van der Waals surface area contributed by atoms with Crippen molar-refractivity contribution in [1.29, 1.82) is 0 Å².